The predicted molar refractivity (Wildman–Crippen MR) is 60.7 cm³/mol. The second-order valence-electron chi connectivity index (χ2n) is 4.24. The molecule has 1 saturated carbocycles. The summed E-state index contributed by atoms with van der Waals surface area (Å²) in [6.07, 6.45) is 2.24. The number of anilines is 1. The van der Waals surface area contributed by atoms with Gasteiger partial charge in [-0.3, -0.25) is 4.79 Å². The molecule has 3 heteroatoms. The van der Waals surface area contributed by atoms with Gasteiger partial charge in [0.1, 0.15) is 0 Å². The van der Waals surface area contributed by atoms with Gasteiger partial charge < -0.3 is 10.6 Å². The van der Waals surface area contributed by atoms with Gasteiger partial charge in [0.2, 0.25) is 0 Å². The number of nitrogen functional groups attached to an aromatic ring is 1. The lowest BCUT2D eigenvalue weighted by Gasteiger charge is -2.17. The smallest absolute Gasteiger partial charge is 0.255 e. The van der Waals surface area contributed by atoms with Crippen LogP contribution in [0, 0.1) is 6.92 Å². The highest BCUT2D eigenvalue weighted by Gasteiger charge is 2.30. The molecule has 3 nitrogen and oxygen atoms in total. The van der Waals surface area contributed by atoms with Crippen molar-refractivity contribution in [3.63, 3.8) is 0 Å². The first-order chi connectivity index (χ1) is 7.09. The van der Waals surface area contributed by atoms with Crippen LogP contribution >= 0.6 is 0 Å². The summed E-state index contributed by atoms with van der Waals surface area (Å²) >= 11 is 0. The van der Waals surface area contributed by atoms with E-state index >= 15 is 0 Å². The van der Waals surface area contributed by atoms with Crippen molar-refractivity contribution >= 4 is 11.6 Å². The van der Waals surface area contributed by atoms with E-state index in [0.717, 1.165) is 18.4 Å². The maximum atomic E-state index is 12.0. The van der Waals surface area contributed by atoms with Gasteiger partial charge in [0.05, 0.1) is 5.56 Å². The maximum absolute atomic E-state index is 12.0. The Balaban J connectivity index is 2.27. The Bertz CT molecular complexity index is 397. The average molecular weight is 204 g/mol. The minimum atomic E-state index is 0.0405. The molecule has 0 aliphatic heterocycles. The Hall–Kier alpha value is -1.51. The Labute approximate surface area is 89.9 Å². The third-order valence-corrected chi connectivity index (χ3v) is 2.85. The molecule has 0 aromatic heterocycles. The number of aryl methyl sites for hydroxylation is 1. The Morgan fingerprint density at radius 2 is 2.13 bits per heavy atom. The van der Waals surface area contributed by atoms with Crippen LogP contribution in [-0.2, 0) is 0 Å². The summed E-state index contributed by atoms with van der Waals surface area (Å²) in [6.45, 7) is 1.97. The number of hydrogen-bond donors (Lipinski definition) is 1. The van der Waals surface area contributed by atoms with E-state index in [1.807, 2.05) is 26.1 Å². The molecule has 2 rings (SSSR count). The molecule has 1 fully saturated rings. The van der Waals surface area contributed by atoms with E-state index in [0.29, 0.717) is 17.3 Å². The summed E-state index contributed by atoms with van der Waals surface area (Å²) in [5.74, 6) is 0.0405. The van der Waals surface area contributed by atoms with E-state index in [1.165, 1.54) is 0 Å². The minimum Gasteiger partial charge on any atom is -0.398 e. The van der Waals surface area contributed by atoms with Crippen LogP contribution in [0.25, 0.3) is 0 Å². The van der Waals surface area contributed by atoms with E-state index in [1.54, 1.807) is 11.0 Å². The van der Waals surface area contributed by atoms with Gasteiger partial charge in [0, 0.05) is 18.8 Å². The summed E-state index contributed by atoms with van der Waals surface area (Å²) < 4.78 is 0. The van der Waals surface area contributed by atoms with Crippen LogP contribution in [0.1, 0.15) is 28.8 Å². The lowest BCUT2D eigenvalue weighted by Crippen LogP contribution is -2.29. The van der Waals surface area contributed by atoms with Gasteiger partial charge >= 0.3 is 0 Å². The van der Waals surface area contributed by atoms with Crippen molar-refractivity contribution in [3.8, 4) is 0 Å². The van der Waals surface area contributed by atoms with Crippen molar-refractivity contribution < 1.29 is 4.79 Å². The second-order valence-corrected chi connectivity index (χ2v) is 4.24. The fourth-order valence-electron chi connectivity index (χ4n) is 1.67. The maximum Gasteiger partial charge on any atom is 0.255 e. The zero-order chi connectivity index (χ0) is 11.0. The monoisotopic (exact) mass is 204 g/mol. The first-order valence-electron chi connectivity index (χ1n) is 5.23. The average Bonchev–Trinajstić information content (AvgIpc) is 3.03. The third-order valence-electron chi connectivity index (χ3n) is 2.85. The molecule has 0 saturated heterocycles. The molecule has 0 spiro atoms. The van der Waals surface area contributed by atoms with Gasteiger partial charge in [-0.15, -0.1) is 0 Å². The highest BCUT2D eigenvalue weighted by atomic mass is 16.2. The molecular formula is C12H16N2O. The van der Waals surface area contributed by atoms with Crippen molar-refractivity contribution in [3.05, 3.63) is 29.3 Å². The number of carbonyl (C=O) groups is 1. The van der Waals surface area contributed by atoms with Crippen LogP contribution in [0.15, 0.2) is 18.2 Å². The number of benzene rings is 1. The molecule has 0 heterocycles. The molecule has 0 atom stereocenters. The topological polar surface area (TPSA) is 46.3 Å². The summed E-state index contributed by atoms with van der Waals surface area (Å²) in [5.41, 5.74) is 8.06. The number of nitrogens with zero attached hydrogens (tertiary/aromatic N) is 1. The lowest BCUT2D eigenvalue weighted by atomic mass is 10.1. The molecular weight excluding hydrogens is 188 g/mol. The molecule has 1 aromatic rings. The van der Waals surface area contributed by atoms with Crippen LogP contribution in [0.3, 0.4) is 0 Å². The summed E-state index contributed by atoms with van der Waals surface area (Å²) in [6, 6.07) is 6.00. The lowest BCUT2D eigenvalue weighted by molar-refractivity contribution is 0.0786. The molecule has 1 aromatic carbocycles. The van der Waals surface area contributed by atoms with Gasteiger partial charge in [0.25, 0.3) is 5.91 Å². The van der Waals surface area contributed by atoms with Crippen molar-refractivity contribution in [2.75, 3.05) is 12.8 Å². The van der Waals surface area contributed by atoms with Crippen LogP contribution < -0.4 is 5.73 Å². The number of amides is 1. The van der Waals surface area contributed by atoms with E-state index in [-0.39, 0.29) is 5.91 Å². The number of nitrogens with two attached hydrogens (primary N) is 1. The van der Waals surface area contributed by atoms with Crippen LogP contribution in [-0.4, -0.2) is 23.9 Å². The highest BCUT2D eigenvalue weighted by Crippen LogP contribution is 2.27. The molecule has 15 heavy (non-hydrogen) atoms. The first kappa shape index (κ1) is 10.0. The van der Waals surface area contributed by atoms with Gasteiger partial charge in [-0.2, -0.15) is 0 Å². The zero-order valence-electron chi connectivity index (χ0n) is 9.16. The molecule has 1 aliphatic carbocycles. The van der Waals surface area contributed by atoms with Gasteiger partial charge in [-0.25, -0.2) is 0 Å². The molecule has 0 radical (unpaired) electrons. The van der Waals surface area contributed by atoms with Crippen LogP contribution in [0.5, 0.6) is 0 Å². The van der Waals surface area contributed by atoms with E-state index in [2.05, 4.69) is 0 Å². The molecule has 1 aliphatic rings. The van der Waals surface area contributed by atoms with Crippen LogP contribution in [0.2, 0.25) is 0 Å². The molecule has 2 N–H and O–H groups in total. The minimum absolute atomic E-state index is 0.0405. The Kier molecular flexibility index (Phi) is 2.39. The fourth-order valence-corrected chi connectivity index (χ4v) is 1.67. The number of hydrogen-bond acceptors (Lipinski definition) is 2. The van der Waals surface area contributed by atoms with Crippen molar-refractivity contribution in [1.82, 2.24) is 4.90 Å². The predicted octanol–water partition coefficient (Wildman–Crippen LogP) is 1.81. The summed E-state index contributed by atoms with van der Waals surface area (Å²) in [5, 5.41) is 0. The third kappa shape index (κ3) is 1.96. The van der Waals surface area contributed by atoms with E-state index < -0.39 is 0 Å². The molecule has 0 unspecified atom stereocenters. The largest absolute Gasteiger partial charge is 0.398 e. The first-order valence-corrected chi connectivity index (χ1v) is 5.23. The molecule has 80 valence electrons. The van der Waals surface area contributed by atoms with Gasteiger partial charge in [0.15, 0.2) is 0 Å². The van der Waals surface area contributed by atoms with Crippen molar-refractivity contribution in [2.24, 2.45) is 0 Å². The van der Waals surface area contributed by atoms with E-state index in [9.17, 15) is 4.79 Å². The highest BCUT2D eigenvalue weighted by molar-refractivity contribution is 5.99. The molecule has 1 amide bonds. The second kappa shape index (κ2) is 3.57. The number of rotatable bonds is 2. The van der Waals surface area contributed by atoms with Gasteiger partial charge in [-0.1, -0.05) is 11.6 Å². The fraction of sp³-hybridized carbons (Fsp3) is 0.417. The Morgan fingerprint density at radius 1 is 1.47 bits per heavy atom. The molecule has 0 bridgehead atoms. The van der Waals surface area contributed by atoms with Crippen molar-refractivity contribution in [1.29, 1.82) is 0 Å². The summed E-state index contributed by atoms with van der Waals surface area (Å²) in [4.78, 5) is 13.8. The van der Waals surface area contributed by atoms with Crippen LogP contribution in [0.4, 0.5) is 5.69 Å². The van der Waals surface area contributed by atoms with E-state index in [4.69, 9.17) is 5.73 Å². The standard InChI is InChI=1S/C12H16N2O/c1-8-3-6-11(13)10(7-8)12(15)14(2)9-4-5-9/h3,6-7,9H,4-5,13H2,1-2H3. The quantitative estimate of drug-likeness (QED) is 0.747. The Morgan fingerprint density at radius 3 is 2.73 bits per heavy atom. The summed E-state index contributed by atoms with van der Waals surface area (Å²) in [7, 11) is 1.85. The SMILES string of the molecule is Cc1ccc(N)c(C(=O)N(C)C2CC2)c1. The van der Waals surface area contributed by atoms with Crippen molar-refractivity contribution in [2.45, 2.75) is 25.8 Å². The normalized spacial score (nSPS) is 15.1. The van der Waals surface area contributed by atoms with Gasteiger partial charge in [-0.05, 0) is 31.9 Å². The zero-order valence-corrected chi connectivity index (χ0v) is 9.16. The number of carbonyl (C=O) groups excluding carboxylic acids is 1.